The molecule has 0 spiro atoms. The predicted molar refractivity (Wildman–Crippen MR) is 111 cm³/mol. The van der Waals surface area contributed by atoms with Gasteiger partial charge in [-0.2, -0.15) is 4.68 Å². The third-order valence-corrected chi connectivity index (χ3v) is 4.49. The van der Waals surface area contributed by atoms with Crippen LogP contribution in [0.2, 0.25) is 0 Å². The Balaban J connectivity index is 2.46. The highest BCUT2D eigenvalue weighted by atomic mass is 16.5. The molecule has 1 unspecified atom stereocenters. The Morgan fingerprint density at radius 2 is 1.57 bits per heavy atom. The van der Waals surface area contributed by atoms with Crippen molar-refractivity contribution in [2.24, 2.45) is 0 Å². The summed E-state index contributed by atoms with van der Waals surface area (Å²) >= 11 is 0. The van der Waals surface area contributed by atoms with E-state index >= 15 is 0 Å². The van der Waals surface area contributed by atoms with Crippen LogP contribution in [-0.2, 0) is 19.1 Å². The first-order valence-electron chi connectivity index (χ1n) is 9.75. The van der Waals surface area contributed by atoms with Crippen molar-refractivity contribution in [2.75, 3.05) is 13.2 Å². The van der Waals surface area contributed by atoms with E-state index < -0.39 is 34.6 Å². The molecule has 9 nitrogen and oxygen atoms in total. The average molecular weight is 415 g/mol. The van der Waals surface area contributed by atoms with Crippen LogP contribution in [0.5, 0.6) is 0 Å². The SMILES string of the molecule is CCOC(=O)C1=C(NC(C)(C)C)n2c(=O)c3ccccc3c(=O)n2C1C(=O)OCC. The highest BCUT2D eigenvalue weighted by molar-refractivity contribution is 6.03. The summed E-state index contributed by atoms with van der Waals surface area (Å²) in [7, 11) is 0. The van der Waals surface area contributed by atoms with Gasteiger partial charge >= 0.3 is 11.9 Å². The van der Waals surface area contributed by atoms with E-state index in [4.69, 9.17) is 9.47 Å². The number of fused-ring (bicyclic) bond motifs is 2. The Bertz CT molecular complexity index is 1170. The van der Waals surface area contributed by atoms with E-state index in [1.54, 1.807) is 26.0 Å². The number of nitrogens with one attached hydrogen (secondary N) is 1. The maximum Gasteiger partial charge on any atom is 0.340 e. The lowest BCUT2D eigenvalue weighted by Crippen LogP contribution is -2.43. The Morgan fingerprint density at radius 3 is 2.10 bits per heavy atom. The summed E-state index contributed by atoms with van der Waals surface area (Å²) < 4.78 is 12.3. The Kier molecular flexibility index (Phi) is 5.56. The molecule has 0 radical (unpaired) electrons. The predicted octanol–water partition coefficient (Wildman–Crippen LogP) is 1.40. The minimum Gasteiger partial charge on any atom is -0.464 e. The normalized spacial score (nSPS) is 15.8. The van der Waals surface area contributed by atoms with Crippen molar-refractivity contribution in [2.45, 2.75) is 46.2 Å². The highest BCUT2D eigenvalue weighted by Crippen LogP contribution is 2.31. The number of carbonyl (C=O) groups is 2. The van der Waals surface area contributed by atoms with Gasteiger partial charge in [0.2, 0.25) is 0 Å². The van der Waals surface area contributed by atoms with Gasteiger partial charge < -0.3 is 14.8 Å². The number of carbonyl (C=O) groups excluding carboxylic acids is 2. The van der Waals surface area contributed by atoms with Crippen LogP contribution in [0.25, 0.3) is 16.6 Å². The zero-order chi connectivity index (χ0) is 22.2. The summed E-state index contributed by atoms with van der Waals surface area (Å²) in [5, 5.41) is 3.42. The fourth-order valence-corrected chi connectivity index (χ4v) is 3.42. The van der Waals surface area contributed by atoms with Crippen molar-refractivity contribution in [3.05, 3.63) is 50.5 Å². The fourth-order valence-electron chi connectivity index (χ4n) is 3.42. The lowest BCUT2D eigenvalue weighted by molar-refractivity contribution is -0.149. The molecular formula is C21H25N3O6. The molecule has 160 valence electrons. The van der Waals surface area contributed by atoms with Crippen LogP contribution in [0, 0.1) is 0 Å². The fraction of sp³-hybridized carbons (Fsp3) is 0.429. The van der Waals surface area contributed by atoms with Gasteiger partial charge in [0.25, 0.3) is 11.1 Å². The van der Waals surface area contributed by atoms with E-state index in [9.17, 15) is 19.2 Å². The van der Waals surface area contributed by atoms with Crippen molar-refractivity contribution < 1.29 is 19.1 Å². The van der Waals surface area contributed by atoms with Crippen molar-refractivity contribution in [1.29, 1.82) is 0 Å². The average Bonchev–Trinajstić information content (AvgIpc) is 3.00. The van der Waals surface area contributed by atoms with Gasteiger partial charge in [-0.3, -0.25) is 9.59 Å². The number of rotatable bonds is 5. The Morgan fingerprint density at radius 1 is 1.00 bits per heavy atom. The second-order valence-corrected chi connectivity index (χ2v) is 7.82. The molecule has 0 fully saturated rings. The van der Waals surface area contributed by atoms with E-state index in [1.165, 1.54) is 12.1 Å². The van der Waals surface area contributed by atoms with Gasteiger partial charge in [0.05, 0.1) is 24.0 Å². The minimum absolute atomic E-state index is 0.0341. The van der Waals surface area contributed by atoms with Crippen LogP contribution in [0.3, 0.4) is 0 Å². The lowest BCUT2D eigenvalue weighted by Gasteiger charge is -2.24. The summed E-state index contributed by atoms with van der Waals surface area (Å²) in [6.07, 6.45) is 0. The van der Waals surface area contributed by atoms with Crippen LogP contribution in [0.15, 0.2) is 39.4 Å². The van der Waals surface area contributed by atoms with Crippen molar-refractivity contribution in [3.8, 4) is 0 Å². The van der Waals surface area contributed by atoms with Gasteiger partial charge in [-0.15, -0.1) is 0 Å². The van der Waals surface area contributed by atoms with Gasteiger partial charge in [-0.1, -0.05) is 12.1 Å². The molecule has 0 saturated carbocycles. The van der Waals surface area contributed by atoms with Crippen LogP contribution in [-0.4, -0.2) is 40.1 Å². The molecule has 0 saturated heterocycles. The zero-order valence-corrected chi connectivity index (χ0v) is 17.6. The van der Waals surface area contributed by atoms with Crippen LogP contribution in [0.1, 0.15) is 40.7 Å². The molecule has 3 rings (SSSR count). The Labute approximate surface area is 172 Å². The molecule has 0 bridgehead atoms. The van der Waals surface area contributed by atoms with Gasteiger partial charge in [0.1, 0.15) is 11.4 Å². The standard InChI is InChI=1S/C21H25N3O6/c1-6-29-19(27)14-15(20(28)30-7-2)23-17(25)12-10-8-9-11-13(12)18(26)24(23)16(14)22-21(3,4)5/h8-11,15,22H,6-7H2,1-5H3. The number of benzene rings is 1. The molecule has 1 N–H and O–H groups in total. The zero-order valence-electron chi connectivity index (χ0n) is 17.6. The van der Waals surface area contributed by atoms with Gasteiger partial charge in [-0.05, 0) is 46.8 Å². The summed E-state index contributed by atoms with van der Waals surface area (Å²) in [5.41, 5.74) is -1.86. The first kappa shape index (κ1) is 21.4. The Hall–Kier alpha value is -3.36. The van der Waals surface area contributed by atoms with E-state index in [0.717, 1.165) is 9.36 Å². The maximum atomic E-state index is 13.3. The molecule has 1 aromatic heterocycles. The molecule has 30 heavy (non-hydrogen) atoms. The summed E-state index contributed by atoms with van der Waals surface area (Å²) in [4.78, 5) is 52.4. The molecule has 1 atom stereocenters. The van der Waals surface area contributed by atoms with Gasteiger partial charge in [-0.25, -0.2) is 14.3 Å². The maximum absolute atomic E-state index is 13.3. The molecule has 9 heteroatoms. The molecule has 1 aliphatic rings. The second-order valence-electron chi connectivity index (χ2n) is 7.82. The first-order chi connectivity index (χ1) is 14.1. The third kappa shape index (κ3) is 3.51. The number of ether oxygens (including phenoxy) is 2. The van der Waals surface area contributed by atoms with Crippen molar-refractivity contribution in [1.82, 2.24) is 14.7 Å². The van der Waals surface area contributed by atoms with E-state index in [-0.39, 0.29) is 35.4 Å². The van der Waals surface area contributed by atoms with E-state index in [2.05, 4.69) is 5.32 Å². The van der Waals surface area contributed by atoms with Gasteiger partial charge in [0, 0.05) is 5.54 Å². The van der Waals surface area contributed by atoms with Crippen LogP contribution < -0.4 is 16.4 Å². The topological polar surface area (TPSA) is 109 Å². The number of nitrogens with zero attached hydrogens (tertiary/aromatic N) is 2. The monoisotopic (exact) mass is 415 g/mol. The molecule has 2 aromatic rings. The smallest absolute Gasteiger partial charge is 0.340 e. The molecule has 0 amide bonds. The van der Waals surface area contributed by atoms with E-state index in [0.29, 0.717) is 0 Å². The summed E-state index contributed by atoms with van der Waals surface area (Å²) in [6.45, 7) is 8.83. The lowest BCUT2D eigenvalue weighted by atomic mass is 10.1. The largest absolute Gasteiger partial charge is 0.464 e. The molecule has 2 heterocycles. The van der Waals surface area contributed by atoms with Gasteiger partial charge in [0.15, 0.2) is 6.04 Å². The number of esters is 2. The highest BCUT2D eigenvalue weighted by Gasteiger charge is 2.44. The van der Waals surface area contributed by atoms with E-state index in [1.807, 2.05) is 20.8 Å². The van der Waals surface area contributed by atoms with Crippen molar-refractivity contribution >= 4 is 28.5 Å². The summed E-state index contributed by atoms with van der Waals surface area (Å²) in [5.74, 6) is -1.59. The number of hydrogen-bond donors (Lipinski definition) is 1. The molecular weight excluding hydrogens is 390 g/mol. The second kappa shape index (κ2) is 7.81. The number of aromatic nitrogens is 2. The van der Waals surface area contributed by atoms with Crippen molar-refractivity contribution in [3.63, 3.8) is 0 Å². The van der Waals surface area contributed by atoms with Crippen LogP contribution >= 0.6 is 0 Å². The molecule has 1 aliphatic heterocycles. The third-order valence-electron chi connectivity index (χ3n) is 4.49. The first-order valence-corrected chi connectivity index (χ1v) is 9.75. The molecule has 0 aliphatic carbocycles. The number of hydrogen-bond acceptors (Lipinski definition) is 7. The quantitative estimate of drug-likeness (QED) is 0.735. The summed E-state index contributed by atoms with van der Waals surface area (Å²) in [6, 6.07) is 4.87. The minimum atomic E-state index is -1.45. The molecule has 1 aromatic carbocycles. The van der Waals surface area contributed by atoms with Crippen LogP contribution in [0.4, 0.5) is 0 Å².